The number of hydrogen-bond acceptors (Lipinski definition) is 3. The van der Waals surface area contributed by atoms with Crippen LogP contribution in [0.4, 0.5) is 0 Å². The normalized spacial score (nSPS) is 10.6. The van der Waals surface area contributed by atoms with E-state index in [1.54, 1.807) is 17.8 Å². The second-order valence-corrected chi connectivity index (χ2v) is 4.72. The predicted octanol–water partition coefficient (Wildman–Crippen LogP) is 2.98. The van der Waals surface area contributed by atoms with Crippen LogP contribution in [0.1, 0.15) is 41.0 Å². The lowest BCUT2D eigenvalue weighted by Gasteiger charge is -2.03. The van der Waals surface area contributed by atoms with Crippen molar-refractivity contribution in [3.8, 4) is 0 Å². The van der Waals surface area contributed by atoms with Crippen molar-refractivity contribution >= 4 is 5.97 Å². The molecule has 0 saturated heterocycles. The maximum atomic E-state index is 11.7. The van der Waals surface area contributed by atoms with Crippen LogP contribution >= 0.6 is 0 Å². The summed E-state index contributed by atoms with van der Waals surface area (Å²) in [5.41, 5.74) is 3.73. The number of carbonyl (C=O) groups excluding carboxylic acids is 1. The van der Waals surface area contributed by atoms with Gasteiger partial charge in [-0.1, -0.05) is 31.2 Å². The topological polar surface area (TPSA) is 44.1 Å². The van der Waals surface area contributed by atoms with Crippen molar-refractivity contribution < 1.29 is 9.53 Å². The van der Waals surface area contributed by atoms with E-state index in [-0.39, 0.29) is 5.97 Å². The molecular weight excluding hydrogens is 252 g/mol. The highest BCUT2D eigenvalue weighted by atomic mass is 16.5. The lowest BCUT2D eigenvalue weighted by atomic mass is 10.1. The number of aryl methyl sites for hydroxylation is 2. The summed E-state index contributed by atoms with van der Waals surface area (Å²) in [6.07, 6.45) is 2.79. The number of nitrogens with zero attached hydrogens (tertiary/aromatic N) is 2. The summed E-state index contributed by atoms with van der Waals surface area (Å²) >= 11 is 0. The lowest BCUT2D eigenvalue weighted by Crippen LogP contribution is -2.05. The molecule has 0 saturated carbocycles. The highest BCUT2D eigenvalue weighted by molar-refractivity contribution is 5.90. The number of benzene rings is 1. The first-order chi connectivity index (χ1) is 9.63. The molecule has 0 aliphatic rings. The average molecular weight is 272 g/mol. The number of ether oxygens (including phenoxy) is 1. The Labute approximate surface area is 119 Å². The van der Waals surface area contributed by atoms with Gasteiger partial charge in [-0.2, -0.15) is 5.10 Å². The molecule has 4 nitrogen and oxygen atoms in total. The molecule has 0 unspecified atom stereocenters. The van der Waals surface area contributed by atoms with Gasteiger partial charge >= 0.3 is 5.97 Å². The van der Waals surface area contributed by atoms with Gasteiger partial charge in [0.2, 0.25) is 0 Å². The molecule has 0 fully saturated rings. The summed E-state index contributed by atoms with van der Waals surface area (Å²) in [4.78, 5) is 11.7. The molecule has 1 aromatic heterocycles. The van der Waals surface area contributed by atoms with Crippen LogP contribution in [-0.2, 0) is 17.7 Å². The van der Waals surface area contributed by atoms with Crippen molar-refractivity contribution in [1.29, 1.82) is 0 Å². The van der Waals surface area contributed by atoms with Crippen molar-refractivity contribution in [2.75, 3.05) is 6.61 Å². The molecule has 1 aromatic carbocycles. The van der Waals surface area contributed by atoms with Gasteiger partial charge in [0.25, 0.3) is 0 Å². The van der Waals surface area contributed by atoms with Crippen LogP contribution in [-0.4, -0.2) is 22.4 Å². The maximum Gasteiger partial charge on any atom is 0.341 e. The first-order valence-corrected chi connectivity index (χ1v) is 6.93. The van der Waals surface area contributed by atoms with E-state index in [2.05, 4.69) is 36.3 Å². The standard InChI is InChI=1S/C16H20N2O2/c1-4-13-6-8-14(9-7-13)10-18-11-15(12(3)17-18)16(19)20-5-2/h6-9,11H,4-5,10H2,1-3H3. The van der Waals surface area contributed by atoms with Crippen LogP contribution in [0.3, 0.4) is 0 Å². The second-order valence-electron chi connectivity index (χ2n) is 4.72. The van der Waals surface area contributed by atoms with Gasteiger partial charge in [-0.25, -0.2) is 4.79 Å². The highest BCUT2D eigenvalue weighted by Crippen LogP contribution is 2.11. The third-order valence-corrected chi connectivity index (χ3v) is 3.22. The predicted molar refractivity (Wildman–Crippen MR) is 77.8 cm³/mol. The van der Waals surface area contributed by atoms with Gasteiger partial charge < -0.3 is 4.74 Å². The Morgan fingerprint density at radius 2 is 1.85 bits per heavy atom. The molecule has 0 bridgehead atoms. The summed E-state index contributed by atoms with van der Waals surface area (Å²) in [6.45, 7) is 6.79. The highest BCUT2D eigenvalue weighted by Gasteiger charge is 2.14. The van der Waals surface area contributed by atoms with Crippen LogP contribution in [0.2, 0.25) is 0 Å². The van der Waals surface area contributed by atoms with Crippen molar-refractivity contribution in [3.05, 3.63) is 52.8 Å². The van der Waals surface area contributed by atoms with Crippen LogP contribution < -0.4 is 0 Å². The zero-order valence-corrected chi connectivity index (χ0v) is 12.2. The molecule has 0 N–H and O–H groups in total. The zero-order chi connectivity index (χ0) is 14.5. The fourth-order valence-corrected chi connectivity index (χ4v) is 2.08. The Morgan fingerprint density at radius 1 is 1.20 bits per heavy atom. The Bertz CT molecular complexity index is 585. The van der Waals surface area contributed by atoms with Gasteiger partial charge in [-0.15, -0.1) is 0 Å². The number of carbonyl (C=O) groups is 1. The van der Waals surface area contributed by atoms with E-state index in [1.165, 1.54) is 11.1 Å². The molecular formula is C16H20N2O2. The minimum atomic E-state index is -0.308. The fraction of sp³-hybridized carbons (Fsp3) is 0.375. The Hall–Kier alpha value is -2.10. The van der Waals surface area contributed by atoms with Crippen LogP contribution in [0.5, 0.6) is 0 Å². The largest absolute Gasteiger partial charge is 0.462 e. The molecule has 4 heteroatoms. The third kappa shape index (κ3) is 3.26. The van der Waals surface area contributed by atoms with E-state index in [0.29, 0.717) is 24.4 Å². The summed E-state index contributed by atoms with van der Waals surface area (Å²) < 4.78 is 6.79. The quantitative estimate of drug-likeness (QED) is 0.786. The molecule has 0 spiro atoms. The van der Waals surface area contributed by atoms with Gasteiger partial charge in [0.15, 0.2) is 0 Å². The number of hydrogen-bond donors (Lipinski definition) is 0. The summed E-state index contributed by atoms with van der Waals surface area (Å²) in [7, 11) is 0. The molecule has 1 heterocycles. The van der Waals surface area contributed by atoms with Crippen molar-refractivity contribution in [2.24, 2.45) is 0 Å². The molecule has 20 heavy (non-hydrogen) atoms. The van der Waals surface area contributed by atoms with Crippen LogP contribution in [0, 0.1) is 6.92 Å². The fourth-order valence-electron chi connectivity index (χ4n) is 2.08. The first kappa shape index (κ1) is 14.3. The van der Waals surface area contributed by atoms with Crippen molar-refractivity contribution in [2.45, 2.75) is 33.7 Å². The van der Waals surface area contributed by atoms with Crippen LogP contribution in [0.25, 0.3) is 0 Å². The Kier molecular flexibility index (Phi) is 4.56. The molecule has 0 radical (unpaired) electrons. The monoisotopic (exact) mass is 272 g/mol. The van der Waals surface area contributed by atoms with Crippen LogP contribution in [0.15, 0.2) is 30.5 Å². The van der Waals surface area contributed by atoms with Gasteiger partial charge in [0, 0.05) is 6.20 Å². The number of aromatic nitrogens is 2. The Morgan fingerprint density at radius 3 is 2.45 bits per heavy atom. The number of esters is 1. The molecule has 0 amide bonds. The SMILES string of the molecule is CCOC(=O)c1cn(Cc2ccc(CC)cc2)nc1C. The smallest absolute Gasteiger partial charge is 0.341 e. The molecule has 2 aromatic rings. The van der Waals surface area contributed by atoms with E-state index in [4.69, 9.17) is 4.74 Å². The average Bonchev–Trinajstić information content (AvgIpc) is 2.81. The molecule has 2 rings (SSSR count). The molecule has 0 aliphatic heterocycles. The van der Waals surface area contributed by atoms with E-state index >= 15 is 0 Å². The molecule has 0 aliphatic carbocycles. The minimum absolute atomic E-state index is 0.308. The minimum Gasteiger partial charge on any atom is -0.462 e. The zero-order valence-electron chi connectivity index (χ0n) is 12.2. The summed E-state index contributed by atoms with van der Waals surface area (Å²) in [5, 5.41) is 4.37. The van der Waals surface area contributed by atoms with Crippen molar-refractivity contribution in [3.63, 3.8) is 0 Å². The Balaban J connectivity index is 2.13. The van der Waals surface area contributed by atoms with E-state index in [1.807, 2.05) is 6.92 Å². The van der Waals surface area contributed by atoms with Gasteiger partial charge in [-0.05, 0) is 31.4 Å². The molecule has 106 valence electrons. The van der Waals surface area contributed by atoms with E-state index < -0.39 is 0 Å². The van der Waals surface area contributed by atoms with E-state index in [9.17, 15) is 4.79 Å². The van der Waals surface area contributed by atoms with Crippen molar-refractivity contribution in [1.82, 2.24) is 9.78 Å². The second kappa shape index (κ2) is 6.37. The van der Waals surface area contributed by atoms with E-state index in [0.717, 1.165) is 6.42 Å². The van der Waals surface area contributed by atoms with Gasteiger partial charge in [0.05, 0.1) is 18.8 Å². The maximum absolute atomic E-state index is 11.7. The first-order valence-electron chi connectivity index (χ1n) is 6.93. The summed E-state index contributed by atoms with van der Waals surface area (Å²) in [5.74, 6) is -0.308. The third-order valence-electron chi connectivity index (χ3n) is 3.22. The summed E-state index contributed by atoms with van der Waals surface area (Å²) in [6, 6.07) is 8.44. The molecule has 0 atom stereocenters. The number of rotatable bonds is 5. The lowest BCUT2D eigenvalue weighted by molar-refractivity contribution is 0.0525. The van der Waals surface area contributed by atoms with Gasteiger partial charge in [-0.3, -0.25) is 4.68 Å². The van der Waals surface area contributed by atoms with Gasteiger partial charge in [0.1, 0.15) is 5.56 Å².